The van der Waals surface area contributed by atoms with E-state index in [2.05, 4.69) is 5.32 Å². The highest BCUT2D eigenvalue weighted by Crippen LogP contribution is 2.35. The third kappa shape index (κ3) is 4.52. The van der Waals surface area contributed by atoms with Crippen LogP contribution in [-0.4, -0.2) is 27.2 Å². The van der Waals surface area contributed by atoms with E-state index in [9.17, 15) is 14.4 Å². The molecule has 2 aromatic heterocycles. The maximum absolute atomic E-state index is 13.8. The fourth-order valence-electron chi connectivity index (χ4n) is 3.92. The van der Waals surface area contributed by atoms with Crippen LogP contribution in [0.3, 0.4) is 0 Å². The first-order chi connectivity index (χ1) is 15.0. The van der Waals surface area contributed by atoms with Gasteiger partial charge in [-0.15, -0.1) is 11.3 Å². The number of aryl methyl sites for hydroxylation is 3. The van der Waals surface area contributed by atoms with Crippen molar-refractivity contribution in [3.63, 3.8) is 0 Å². The number of urea groups is 1. The number of hydrogen-bond acceptors (Lipinski definition) is 6. The van der Waals surface area contributed by atoms with Gasteiger partial charge in [-0.05, 0) is 49.8 Å². The van der Waals surface area contributed by atoms with Crippen LogP contribution >= 0.6 is 23.1 Å². The smallest absolute Gasteiger partial charge is 0.318 e. The number of hydrogen-bond donors (Lipinski definition) is 2. The quantitative estimate of drug-likeness (QED) is 0.346. The molecule has 31 heavy (non-hydrogen) atoms. The van der Waals surface area contributed by atoms with Crippen LogP contribution in [0.15, 0.2) is 34.2 Å². The van der Waals surface area contributed by atoms with Crippen molar-refractivity contribution in [2.24, 2.45) is 5.73 Å². The van der Waals surface area contributed by atoms with Crippen LogP contribution < -0.4 is 16.6 Å². The number of carbonyl (C=O) groups is 2. The highest BCUT2D eigenvalue weighted by Gasteiger charge is 2.23. The second-order valence-electron chi connectivity index (χ2n) is 7.58. The summed E-state index contributed by atoms with van der Waals surface area (Å²) in [5.41, 5.74) is 7.87. The number of nitrogens with zero attached hydrogens (tertiary/aromatic N) is 2. The molecule has 3 amide bonds. The van der Waals surface area contributed by atoms with E-state index >= 15 is 0 Å². The van der Waals surface area contributed by atoms with Gasteiger partial charge in [-0.2, -0.15) is 0 Å². The van der Waals surface area contributed by atoms with E-state index in [0.717, 1.165) is 52.7 Å². The van der Waals surface area contributed by atoms with E-state index in [4.69, 9.17) is 10.7 Å². The summed E-state index contributed by atoms with van der Waals surface area (Å²) in [6.45, 7) is 1.97. The average molecular weight is 457 g/mol. The molecular weight excluding hydrogens is 432 g/mol. The lowest BCUT2D eigenvalue weighted by Crippen LogP contribution is -2.35. The number of thioether (sulfide) groups is 1. The molecule has 9 heteroatoms. The van der Waals surface area contributed by atoms with E-state index in [0.29, 0.717) is 10.9 Å². The van der Waals surface area contributed by atoms with Crippen LogP contribution in [0.25, 0.3) is 15.9 Å². The maximum atomic E-state index is 13.8. The van der Waals surface area contributed by atoms with E-state index in [1.807, 2.05) is 31.2 Å². The number of aromatic nitrogens is 2. The van der Waals surface area contributed by atoms with Crippen LogP contribution in [0.1, 0.15) is 41.7 Å². The normalized spacial score (nSPS) is 13.6. The Morgan fingerprint density at radius 2 is 2.00 bits per heavy atom. The second kappa shape index (κ2) is 9.23. The van der Waals surface area contributed by atoms with Crippen LogP contribution in [0, 0.1) is 6.92 Å². The Morgan fingerprint density at radius 3 is 2.77 bits per heavy atom. The van der Waals surface area contributed by atoms with E-state index < -0.39 is 11.9 Å². The third-order valence-corrected chi connectivity index (χ3v) is 7.51. The van der Waals surface area contributed by atoms with Crippen LogP contribution in [0.4, 0.5) is 4.79 Å². The lowest BCUT2D eigenvalue weighted by Gasteiger charge is -2.14. The van der Waals surface area contributed by atoms with Gasteiger partial charge in [0, 0.05) is 17.1 Å². The monoisotopic (exact) mass is 456 g/mol. The third-order valence-electron chi connectivity index (χ3n) is 5.39. The SMILES string of the molecule is Cc1ccccc1-n1c(SCCC(=O)NC(N)=O)nc2sc3c(c2c1=O)CCCCC3. The summed E-state index contributed by atoms with van der Waals surface area (Å²) in [5.74, 6) is -0.0812. The lowest BCUT2D eigenvalue weighted by molar-refractivity contribution is -0.119. The minimum Gasteiger partial charge on any atom is -0.351 e. The summed E-state index contributed by atoms with van der Waals surface area (Å²) >= 11 is 2.95. The number of benzene rings is 1. The lowest BCUT2D eigenvalue weighted by atomic mass is 10.1. The van der Waals surface area contributed by atoms with Crippen molar-refractivity contribution in [1.82, 2.24) is 14.9 Å². The van der Waals surface area contributed by atoms with Crippen LogP contribution in [0.2, 0.25) is 0 Å². The summed E-state index contributed by atoms with van der Waals surface area (Å²) in [5, 5.41) is 3.35. The number of para-hydroxylation sites is 1. The number of rotatable bonds is 5. The van der Waals surface area contributed by atoms with Crippen molar-refractivity contribution in [2.45, 2.75) is 50.6 Å². The molecule has 0 saturated carbocycles. The number of thiophene rings is 1. The molecule has 162 valence electrons. The van der Waals surface area contributed by atoms with E-state index in [-0.39, 0.29) is 12.0 Å². The minimum atomic E-state index is -0.869. The zero-order valence-electron chi connectivity index (χ0n) is 17.3. The molecule has 2 heterocycles. The minimum absolute atomic E-state index is 0.0530. The molecule has 1 aromatic carbocycles. The summed E-state index contributed by atoms with van der Waals surface area (Å²) in [7, 11) is 0. The van der Waals surface area contributed by atoms with Crippen molar-refractivity contribution in [2.75, 3.05) is 5.75 Å². The highest BCUT2D eigenvalue weighted by molar-refractivity contribution is 7.99. The number of nitrogens with two attached hydrogens (primary N) is 1. The van der Waals surface area contributed by atoms with Crippen molar-refractivity contribution in [3.05, 3.63) is 50.6 Å². The molecule has 0 atom stereocenters. The number of fused-ring (bicyclic) bond motifs is 3. The zero-order valence-corrected chi connectivity index (χ0v) is 18.9. The number of amides is 3. The Morgan fingerprint density at radius 1 is 1.23 bits per heavy atom. The molecule has 0 unspecified atom stereocenters. The van der Waals surface area contributed by atoms with Gasteiger partial charge < -0.3 is 5.73 Å². The van der Waals surface area contributed by atoms with Crippen LogP contribution in [0.5, 0.6) is 0 Å². The molecule has 3 N–H and O–H groups in total. The molecule has 3 aromatic rings. The molecular formula is C22H24N4O3S2. The zero-order chi connectivity index (χ0) is 22.0. The van der Waals surface area contributed by atoms with Crippen molar-refractivity contribution in [3.8, 4) is 5.69 Å². The fraction of sp³-hybridized carbons (Fsp3) is 0.364. The number of primary amides is 1. The standard InChI is InChI=1S/C22H24N4O3S2/c1-13-7-5-6-9-15(13)26-20(28)18-14-8-3-2-4-10-16(14)31-19(18)25-22(26)30-12-11-17(27)24-21(23)29/h5-7,9H,2-4,8,10-12H2,1H3,(H3,23,24,27,29). The molecule has 0 fully saturated rings. The van der Waals surface area contributed by atoms with Gasteiger partial charge in [0.2, 0.25) is 5.91 Å². The van der Waals surface area contributed by atoms with Crippen molar-refractivity contribution < 1.29 is 9.59 Å². The Labute approximate surface area is 188 Å². The van der Waals surface area contributed by atoms with Gasteiger partial charge in [0.15, 0.2) is 5.16 Å². The number of carbonyl (C=O) groups excluding carboxylic acids is 2. The van der Waals surface area contributed by atoms with Gasteiger partial charge in [-0.25, -0.2) is 9.78 Å². The summed E-state index contributed by atoms with van der Waals surface area (Å²) in [6.07, 6.45) is 5.42. The van der Waals surface area contributed by atoms with Crippen LogP contribution in [-0.2, 0) is 17.6 Å². The summed E-state index contributed by atoms with van der Waals surface area (Å²) < 4.78 is 1.67. The van der Waals surface area contributed by atoms with Gasteiger partial charge in [-0.1, -0.05) is 36.4 Å². The largest absolute Gasteiger partial charge is 0.351 e. The van der Waals surface area contributed by atoms with Gasteiger partial charge in [0.25, 0.3) is 5.56 Å². The summed E-state index contributed by atoms with van der Waals surface area (Å²) in [4.78, 5) is 43.3. The Hall–Kier alpha value is -2.65. The molecule has 0 spiro atoms. The van der Waals surface area contributed by atoms with Gasteiger partial charge in [0.05, 0.1) is 11.1 Å². The molecule has 1 aliphatic carbocycles. The Bertz CT molecular complexity index is 1220. The predicted octanol–water partition coefficient (Wildman–Crippen LogP) is 3.70. The summed E-state index contributed by atoms with van der Waals surface area (Å²) in [6, 6.07) is 6.86. The van der Waals surface area contributed by atoms with E-state index in [1.165, 1.54) is 23.1 Å². The molecule has 1 aliphatic rings. The first kappa shape index (κ1) is 21.6. The Kier molecular flexibility index (Phi) is 6.43. The van der Waals surface area contributed by atoms with Gasteiger partial charge in [0.1, 0.15) is 4.83 Å². The first-order valence-corrected chi connectivity index (χ1v) is 12.1. The number of nitrogens with one attached hydrogen (secondary N) is 1. The highest BCUT2D eigenvalue weighted by atomic mass is 32.2. The molecule has 7 nitrogen and oxygen atoms in total. The average Bonchev–Trinajstić information content (AvgIpc) is 2.90. The van der Waals surface area contributed by atoms with Crippen molar-refractivity contribution in [1.29, 1.82) is 0 Å². The first-order valence-electron chi connectivity index (χ1n) is 10.3. The second-order valence-corrected chi connectivity index (χ2v) is 9.72. The maximum Gasteiger partial charge on any atom is 0.318 e. The molecule has 4 rings (SSSR count). The molecule has 0 saturated heterocycles. The molecule has 0 radical (unpaired) electrons. The predicted molar refractivity (Wildman–Crippen MR) is 124 cm³/mol. The van der Waals surface area contributed by atoms with Gasteiger partial charge >= 0.3 is 6.03 Å². The molecule has 0 bridgehead atoms. The Balaban J connectivity index is 1.79. The van der Waals surface area contributed by atoms with E-state index in [1.54, 1.807) is 15.9 Å². The number of imide groups is 1. The fourth-order valence-corrected chi connectivity index (χ4v) is 6.17. The topological polar surface area (TPSA) is 107 Å². The van der Waals surface area contributed by atoms with Crippen molar-refractivity contribution >= 4 is 45.3 Å². The van der Waals surface area contributed by atoms with Gasteiger partial charge in [-0.3, -0.25) is 19.5 Å². The molecule has 0 aliphatic heterocycles.